The van der Waals surface area contributed by atoms with Crippen molar-refractivity contribution in [2.24, 2.45) is 11.8 Å². The molecule has 1 saturated heterocycles. The molecule has 13 heavy (non-hydrogen) atoms. The SMILES string of the molecule is C=CC[C@H]1[C@@H](C)[C@H](C)[C@H](SO)S1=O. The fourth-order valence-corrected chi connectivity index (χ4v) is 5.01. The lowest BCUT2D eigenvalue weighted by Crippen LogP contribution is -2.16. The van der Waals surface area contributed by atoms with Gasteiger partial charge in [0, 0.05) is 28.1 Å². The molecule has 5 atom stereocenters. The van der Waals surface area contributed by atoms with Gasteiger partial charge >= 0.3 is 0 Å². The molecule has 0 spiro atoms. The second kappa shape index (κ2) is 4.62. The van der Waals surface area contributed by atoms with E-state index in [9.17, 15) is 4.21 Å². The van der Waals surface area contributed by atoms with Crippen LogP contribution in [0.4, 0.5) is 0 Å². The third kappa shape index (κ3) is 2.00. The summed E-state index contributed by atoms with van der Waals surface area (Å²) in [5, 5.41) is 0.178. The highest BCUT2D eigenvalue weighted by atomic mass is 32.2. The van der Waals surface area contributed by atoms with Gasteiger partial charge in [-0.2, -0.15) is 0 Å². The summed E-state index contributed by atoms with van der Waals surface area (Å²) in [6, 6.07) is 0. The molecule has 0 aliphatic carbocycles. The Kier molecular flexibility index (Phi) is 4.01. The lowest BCUT2D eigenvalue weighted by Gasteiger charge is -2.14. The Morgan fingerprint density at radius 3 is 2.54 bits per heavy atom. The fraction of sp³-hybridized carbons (Fsp3) is 0.778. The first kappa shape index (κ1) is 11.3. The fourth-order valence-electron chi connectivity index (χ4n) is 1.79. The van der Waals surface area contributed by atoms with E-state index >= 15 is 0 Å². The summed E-state index contributed by atoms with van der Waals surface area (Å²) < 4.78 is 20.7. The first-order valence-electron chi connectivity index (χ1n) is 4.44. The van der Waals surface area contributed by atoms with E-state index in [1.165, 1.54) is 0 Å². The normalized spacial score (nSPS) is 45.0. The zero-order valence-corrected chi connectivity index (χ0v) is 9.61. The maximum atomic E-state index is 11.8. The van der Waals surface area contributed by atoms with Gasteiger partial charge in [0.25, 0.3) is 0 Å². The molecule has 1 fully saturated rings. The molecule has 2 nitrogen and oxygen atoms in total. The van der Waals surface area contributed by atoms with Crippen molar-refractivity contribution in [2.75, 3.05) is 0 Å². The molecule has 1 N–H and O–H groups in total. The van der Waals surface area contributed by atoms with E-state index < -0.39 is 10.8 Å². The summed E-state index contributed by atoms with van der Waals surface area (Å²) in [5.41, 5.74) is 0. The van der Waals surface area contributed by atoms with Crippen molar-refractivity contribution >= 4 is 22.8 Å². The largest absolute Gasteiger partial charge is 0.329 e. The van der Waals surface area contributed by atoms with Gasteiger partial charge < -0.3 is 4.55 Å². The molecule has 1 heterocycles. The van der Waals surface area contributed by atoms with E-state index in [0.717, 1.165) is 18.5 Å². The average Bonchev–Trinajstić information content (AvgIpc) is 2.31. The molecule has 0 radical (unpaired) electrons. The summed E-state index contributed by atoms with van der Waals surface area (Å²) in [4.78, 5) is 0. The van der Waals surface area contributed by atoms with Crippen molar-refractivity contribution in [1.29, 1.82) is 0 Å². The monoisotopic (exact) mass is 220 g/mol. The molecule has 0 amide bonds. The van der Waals surface area contributed by atoms with E-state index in [1.807, 2.05) is 6.08 Å². The molecule has 1 rings (SSSR count). The quantitative estimate of drug-likeness (QED) is 0.586. The van der Waals surface area contributed by atoms with E-state index in [1.54, 1.807) is 0 Å². The van der Waals surface area contributed by atoms with Crippen LogP contribution < -0.4 is 0 Å². The van der Waals surface area contributed by atoms with Crippen LogP contribution >= 0.6 is 12.0 Å². The number of allylic oxidation sites excluding steroid dienone is 1. The van der Waals surface area contributed by atoms with E-state index in [4.69, 9.17) is 4.55 Å². The Labute approximate surface area is 86.5 Å². The highest BCUT2D eigenvalue weighted by Crippen LogP contribution is 2.40. The average molecular weight is 220 g/mol. The molecule has 4 heteroatoms. The molecule has 0 aromatic heterocycles. The van der Waals surface area contributed by atoms with Gasteiger partial charge in [-0.3, -0.25) is 4.21 Å². The van der Waals surface area contributed by atoms with Crippen molar-refractivity contribution in [3.63, 3.8) is 0 Å². The molecule has 0 bridgehead atoms. The third-order valence-electron chi connectivity index (χ3n) is 2.88. The second-order valence-electron chi connectivity index (χ2n) is 3.58. The molecule has 1 aliphatic heterocycles. The summed E-state index contributed by atoms with van der Waals surface area (Å²) in [7, 11) is -0.917. The third-order valence-corrected chi connectivity index (χ3v) is 6.45. The van der Waals surface area contributed by atoms with Gasteiger partial charge in [-0.05, 0) is 18.3 Å². The van der Waals surface area contributed by atoms with Crippen LogP contribution in [0.5, 0.6) is 0 Å². The Morgan fingerprint density at radius 1 is 1.54 bits per heavy atom. The van der Waals surface area contributed by atoms with Gasteiger partial charge in [0.2, 0.25) is 0 Å². The van der Waals surface area contributed by atoms with Gasteiger partial charge in [-0.1, -0.05) is 19.9 Å². The van der Waals surface area contributed by atoms with E-state index in [2.05, 4.69) is 20.4 Å². The summed E-state index contributed by atoms with van der Waals surface area (Å²) in [6.07, 6.45) is 2.60. The first-order valence-corrected chi connectivity index (χ1v) is 6.55. The molecule has 76 valence electrons. The standard InChI is InChI=1S/C9H16O2S2/c1-4-5-8-6(2)7(3)9(12-10)13(8)11/h4,6-10H,1,5H2,2-3H3/t6-,7-,8-,9+,13?/m0/s1. The molecular weight excluding hydrogens is 204 g/mol. The van der Waals surface area contributed by atoms with Gasteiger partial charge in [0.05, 0.1) is 0 Å². The predicted molar refractivity (Wildman–Crippen MR) is 59.1 cm³/mol. The predicted octanol–water partition coefficient (Wildman–Crippen LogP) is 2.50. The first-order chi connectivity index (χ1) is 6.13. The molecular formula is C9H16O2S2. The van der Waals surface area contributed by atoms with Gasteiger partial charge in [-0.25, -0.2) is 0 Å². The van der Waals surface area contributed by atoms with Crippen LogP contribution in [0.1, 0.15) is 20.3 Å². The van der Waals surface area contributed by atoms with Crippen LogP contribution in [-0.4, -0.2) is 18.6 Å². The smallest absolute Gasteiger partial charge is 0.109 e. The second-order valence-corrected chi connectivity index (χ2v) is 6.37. The Morgan fingerprint density at radius 2 is 2.15 bits per heavy atom. The lowest BCUT2D eigenvalue weighted by atomic mass is 9.93. The number of hydrogen-bond donors (Lipinski definition) is 1. The summed E-state index contributed by atoms with van der Waals surface area (Å²) in [6.45, 7) is 7.82. The molecule has 1 aliphatic rings. The molecule has 0 saturated carbocycles. The highest BCUT2D eigenvalue weighted by Gasteiger charge is 2.44. The van der Waals surface area contributed by atoms with Crippen molar-refractivity contribution in [3.8, 4) is 0 Å². The number of hydrogen-bond acceptors (Lipinski definition) is 3. The summed E-state index contributed by atoms with van der Waals surface area (Å²) in [5.74, 6) is 0.726. The van der Waals surface area contributed by atoms with Crippen LogP contribution in [0.3, 0.4) is 0 Å². The molecule has 0 aromatic rings. The van der Waals surface area contributed by atoms with Crippen molar-refractivity contribution < 1.29 is 8.76 Å². The van der Waals surface area contributed by atoms with Gasteiger partial charge in [0.15, 0.2) is 0 Å². The van der Waals surface area contributed by atoms with Crippen LogP contribution in [0.25, 0.3) is 0 Å². The van der Waals surface area contributed by atoms with Crippen LogP contribution in [0, 0.1) is 11.8 Å². The van der Waals surface area contributed by atoms with Gasteiger partial charge in [0.1, 0.15) is 4.58 Å². The minimum atomic E-state index is -0.917. The zero-order chi connectivity index (χ0) is 10.0. The van der Waals surface area contributed by atoms with E-state index in [-0.39, 0.29) is 9.83 Å². The maximum Gasteiger partial charge on any atom is 0.109 e. The molecule has 1 unspecified atom stereocenters. The van der Waals surface area contributed by atoms with Crippen molar-refractivity contribution in [1.82, 2.24) is 0 Å². The Balaban J connectivity index is 2.77. The Hall–Kier alpha value is 0.200. The topological polar surface area (TPSA) is 37.3 Å². The minimum Gasteiger partial charge on any atom is -0.329 e. The van der Waals surface area contributed by atoms with Gasteiger partial charge in [-0.15, -0.1) is 6.58 Å². The number of rotatable bonds is 3. The Bertz CT molecular complexity index is 218. The maximum absolute atomic E-state index is 11.8. The minimum absolute atomic E-state index is 0.111. The van der Waals surface area contributed by atoms with Crippen LogP contribution in [-0.2, 0) is 10.8 Å². The molecule has 0 aromatic carbocycles. The van der Waals surface area contributed by atoms with Crippen LogP contribution in [0.15, 0.2) is 12.7 Å². The lowest BCUT2D eigenvalue weighted by molar-refractivity contribution is 0.423. The van der Waals surface area contributed by atoms with Crippen molar-refractivity contribution in [3.05, 3.63) is 12.7 Å². The van der Waals surface area contributed by atoms with Crippen LogP contribution in [0.2, 0.25) is 0 Å². The summed E-state index contributed by atoms with van der Waals surface area (Å²) >= 11 is 0.748. The van der Waals surface area contributed by atoms with E-state index in [0.29, 0.717) is 11.8 Å². The highest BCUT2D eigenvalue weighted by molar-refractivity contribution is 8.08. The zero-order valence-electron chi connectivity index (χ0n) is 7.97. The van der Waals surface area contributed by atoms with Crippen molar-refractivity contribution in [2.45, 2.75) is 30.1 Å².